The molecule has 0 saturated heterocycles. The number of halogens is 1. The van der Waals surface area contributed by atoms with E-state index >= 15 is 0 Å². The Kier molecular flexibility index (Phi) is 3.93. The predicted molar refractivity (Wildman–Crippen MR) is 103 cm³/mol. The summed E-state index contributed by atoms with van der Waals surface area (Å²) in [5.74, 6) is 0.264. The number of aromatic nitrogens is 2. The molecule has 1 aromatic heterocycles. The normalized spacial score (nSPS) is 14.3. The SMILES string of the molecule is CC1=Nn2c(nc3ccccc3c2=O)/C1=N/Nc1ccc(Cl)cc1[N+](=O)[O-]. The Morgan fingerprint density at radius 3 is 2.81 bits per heavy atom. The van der Waals surface area contributed by atoms with Crippen LogP contribution < -0.4 is 11.0 Å². The van der Waals surface area contributed by atoms with Gasteiger partial charge in [-0.1, -0.05) is 23.7 Å². The van der Waals surface area contributed by atoms with Crippen LogP contribution in [0.3, 0.4) is 0 Å². The van der Waals surface area contributed by atoms with Crippen molar-refractivity contribution in [3.8, 4) is 0 Å². The second-order valence-electron chi connectivity index (χ2n) is 5.75. The molecule has 0 spiro atoms. The number of nitro benzene ring substituents is 1. The molecular formula is C17H11ClN6O3. The highest BCUT2D eigenvalue weighted by molar-refractivity contribution is 6.48. The van der Waals surface area contributed by atoms with Gasteiger partial charge in [0.2, 0.25) is 0 Å². The molecule has 0 saturated carbocycles. The molecule has 1 N–H and O–H groups in total. The number of hydrazone groups is 1. The number of hydrogen-bond acceptors (Lipinski definition) is 7. The highest BCUT2D eigenvalue weighted by Gasteiger charge is 2.25. The van der Waals surface area contributed by atoms with Gasteiger partial charge in [-0.2, -0.15) is 14.9 Å². The van der Waals surface area contributed by atoms with Gasteiger partial charge in [0.05, 0.1) is 21.5 Å². The molecule has 0 bridgehead atoms. The Bertz CT molecular complexity index is 1230. The summed E-state index contributed by atoms with van der Waals surface area (Å²) in [5, 5.41) is 20.3. The Balaban J connectivity index is 1.81. The number of para-hydroxylation sites is 1. The third kappa shape index (κ3) is 2.83. The van der Waals surface area contributed by atoms with Crippen LogP contribution in [0, 0.1) is 10.1 Å². The maximum atomic E-state index is 12.6. The van der Waals surface area contributed by atoms with Crippen molar-refractivity contribution in [1.29, 1.82) is 0 Å². The highest BCUT2D eigenvalue weighted by Crippen LogP contribution is 2.28. The fraction of sp³-hybridized carbons (Fsp3) is 0.0588. The number of nitrogens with zero attached hydrogens (tertiary/aromatic N) is 5. The lowest BCUT2D eigenvalue weighted by molar-refractivity contribution is -0.383. The number of anilines is 1. The molecule has 27 heavy (non-hydrogen) atoms. The van der Waals surface area contributed by atoms with E-state index in [9.17, 15) is 14.9 Å². The van der Waals surface area contributed by atoms with Crippen molar-refractivity contribution < 1.29 is 4.92 Å². The molecule has 0 unspecified atom stereocenters. The Labute approximate surface area is 156 Å². The van der Waals surface area contributed by atoms with Crippen molar-refractivity contribution in [3.63, 3.8) is 0 Å². The van der Waals surface area contributed by atoms with Crippen molar-refractivity contribution in [2.24, 2.45) is 10.2 Å². The average Bonchev–Trinajstić information content (AvgIpc) is 2.96. The van der Waals surface area contributed by atoms with Gasteiger partial charge in [-0.3, -0.25) is 20.3 Å². The van der Waals surface area contributed by atoms with Crippen LogP contribution in [0.5, 0.6) is 0 Å². The zero-order chi connectivity index (χ0) is 19.1. The van der Waals surface area contributed by atoms with Crippen LogP contribution in [0.25, 0.3) is 10.9 Å². The van der Waals surface area contributed by atoms with E-state index < -0.39 is 4.92 Å². The molecule has 4 rings (SSSR count). The number of rotatable bonds is 3. The molecule has 1 aliphatic heterocycles. The van der Waals surface area contributed by atoms with Crippen LogP contribution in [-0.2, 0) is 0 Å². The summed E-state index contributed by atoms with van der Waals surface area (Å²) in [6.45, 7) is 1.68. The number of nitro groups is 1. The Hall–Kier alpha value is -3.59. The van der Waals surface area contributed by atoms with Crippen LogP contribution >= 0.6 is 11.6 Å². The van der Waals surface area contributed by atoms with E-state index in [2.05, 4.69) is 20.6 Å². The molecule has 10 heteroatoms. The number of nitrogens with one attached hydrogen (secondary N) is 1. The van der Waals surface area contributed by atoms with Gasteiger partial charge >= 0.3 is 0 Å². The van der Waals surface area contributed by atoms with Crippen molar-refractivity contribution in [3.05, 3.63) is 73.8 Å². The summed E-state index contributed by atoms with van der Waals surface area (Å²) in [6, 6.07) is 11.1. The van der Waals surface area contributed by atoms with Crippen molar-refractivity contribution in [2.75, 3.05) is 5.43 Å². The molecule has 0 aliphatic carbocycles. The molecule has 134 valence electrons. The zero-order valence-corrected chi connectivity index (χ0v) is 14.6. The molecule has 2 heterocycles. The summed E-state index contributed by atoms with van der Waals surface area (Å²) in [7, 11) is 0. The van der Waals surface area contributed by atoms with Crippen LogP contribution in [0.2, 0.25) is 5.02 Å². The number of hydrogen-bond donors (Lipinski definition) is 1. The van der Waals surface area contributed by atoms with E-state index in [1.807, 2.05) is 0 Å². The first-order chi connectivity index (χ1) is 13.0. The lowest BCUT2D eigenvalue weighted by Crippen LogP contribution is -2.21. The molecule has 0 fully saturated rings. The maximum absolute atomic E-state index is 12.6. The third-order valence-electron chi connectivity index (χ3n) is 4.00. The summed E-state index contributed by atoms with van der Waals surface area (Å²) < 4.78 is 1.18. The molecule has 3 aromatic rings. The average molecular weight is 383 g/mol. The monoisotopic (exact) mass is 382 g/mol. The minimum Gasteiger partial charge on any atom is -0.271 e. The molecule has 9 nitrogen and oxygen atoms in total. The minimum absolute atomic E-state index is 0.159. The fourth-order valence-corrected chi connectivity index (χ4v) is 2.89. The van der Waals surface area contributed by atoms with Crippen molar-refractivity contribution in [2.45, 2.75) is 6.92 Å². The first-order valence-electron chi connectivity index (χ1n) is 7.81. The second kappa shape index (κ2) is 6.29. The van der Waals surface area contributed by atoms with E-state index in [1.165, 1.54) is 22.9 Å². The van der Waals surface area contributed by atoms with Gasteiger partial charge in [-0.25, -0.2) is 4.98 Å². The van der Waals surface area contributed by atoms with E-state index in [0.29, 0.717) is 22.3 Å². The van der Waals surface area contributed by atoms with E-state index in [1.54, 1.807) is 31.2 Å². The van der Waals surface area contributed by atoms with Crippen molar-refractivity contribution in [1.82, 2.24) is 9.66 Å². The highest BCUT2D eigenvalue weighted by atomic mass is 35.5. The van der Waals surface area contributed by atoms with Gasteiger partial charge in [-0.15, -0.1) is 0 Å². The van der Waals surface area contributed by atoms with Gasteiger partial charge in [0, 0.05) is 11.1 Å². The summed E-state index contributed by atoms with van der Waals surface area (Å²) in [4.78, 5) is 27.7. The number of fused-ring (bicyclic) bond motifs is 2. The molecular weight excluding hydrogens is 372 g/mol. The lowest BCUT2D eigenvalue weighted by Gasteiger charge is -2.05. The lowest BCUT2D eigenvalue weighted by atomic mass is 10.2. The molecule has 0 atom stereocenters. The van der Waals surface area contributed by atoms with E-state index in [-0.39, 0.29) is 27.8 Å². The van der Waals surface area contributed by atoms with Gasteiger partial charge in [0.1, 0.15) is 5.69 Å². The Morgan fingerprint density at radius 2 is 2.04 bits per heavy atom. The number of benzene rings is 2. The van der Waals surface area contributed by atoms with Gasteiger partial charge < -0.3 is 0 Å². The minimum atomic E-state index is -0.561. The van der Waals surface area contributed by atoms with E-state index in [4.69, 9.17) is 11.6 Å². The standard InChI is InChI=1S/C17H11ClN6O3/c1-9-15(21-20-13-7-6-10(18)8-14(13)24(26)27)16-19-12-5-3-2-4-11(12)17(25)23(16)22-9/h2-8,20H,1H3/b21-15+. The smallest absolute Gasteiger partial charge is 0.271 e. The maximum Gasteiger partial charge on any atom is 0.295 e. The van der Waals surface area contributed by atoms with Crippen molar-refractivity contribution >= 4 is 45.3 Å². The predicted octanol–water partition coefficient (Wildman–Crippen LogP) is 3.01. The van der Waals surface area contributed by atoms with Crippen LogP contribution in [0.15, 0.2) is 57.5 Å². The third-order valence-corrected chi connectivity index (χ3v) is 4.24. The molecule has 2 aromatic carbocycles. The zero-order valence-electron chi connectivity index (χ0n) is 13.9. The second-order valence-corrected chi connectivity index (χ2v) is 6.18. The Morgan fingerprint density at radius 1 is 1.26 bits per heavy atom. The van der Waals surface area contributed by atoms with Gasteiger partial charge in [0.25, 0.3) is 11.2 Å². The first kappa shape index (κ1) is 16.9. The summed E-state index contributed by atoms with van der Waals surface area (Å²) >= 11 is 5.82. The quantitative estimate of drug-likeness (QED) is 0.552. The molecule has 0 amide bonds. The van der Waals surface area contributed by atoms with Gasteiger partial charge in [-0.05, 0) is 31.2 Å². The first-order valence-corrected chi connectivity index (χ1v) is 8.19. The summed E-state index contributed by atoms with van der Waals surface area (Å²) in [5.41, 5.74) is 3.58. The van der Waals surface area contributed by atoms with Crippen LogP contribution in [0.4, 0.5) is 11.4 Å². The topological polar surface area (TPSA) is 115 Å². The molecule has 1 aliphatic rings. The summed E-state index contributed by atoms with van der Waals surface area (Å²) in [6.07, 6.45) is 0. The van der Waals surface area contributed by atoms with Gasteiger partial charge in [0.15, 0.2) is 11.5 Å². The molecule has 0 radical (unpaired) electrons. The fourth-order valence-electron chi connectivity index (χ4n) is 2.73. The van der Waals surface area contributed by atoms with Crippen LogP contribution in [-0.4, -0.2) is 26.0 Å². The van der Waals surface area contributed by atoms with E-state index in [0.717, 1.165) is 0 Å². The van der Waals surface area contributed by atoms with Crippen LogP contribution in [0.1, 0.15) is 12.7 Å². The largest absolute Gasteiger partial charge is 0.295 e.